The van der Waals surface area contributed by atoms with Crippen molar-refractivity contribution in [3.05, 3.63) is 23.9 Å². The molecule has 1 saturated heterocycles. The lowest BCUT2D eigenvalue weighted by Gasteiger charge is -2.33. The van der Waals surface area contributed by atoms with Gasteiger partial charge < -0.3 is 19.7 Å². The molecule has 19 heavy (non-hydrogen) atoms. The maximum Gasteiger partial charge on any atom is 0.133 e. The Morgan fingerprint density at radius 3 is 3.26 bits per heavy atom. The van der Waals surface area contributed by atoms with Crippen LogP contribution in [0.25, 0.3) is 0 Å². The molecule has 0 radical (unpaired) electrons. The van der Waals surface area contributed by atoms with Gasteiger partial charge in [-0.25, -0.2) is 4.98 Å². The van der Waals surface area contributed by atoms with Crippen LogP contribution in [0.15, 0.2) is 18.3 Å². The first-order valence-corrected chi connectivity index (χ1v) is 6.81. The van der Waals surface area contributed by atoms with E-state index in [1.165, 1.54) is 5.56 Å². The van der Waals surface area contributed by atoms with E-state index in [1.54, 1.807) is 7.11 Å². The second kappa shape index (κ2) is 7.43. The molecule has 1 aliphatic heterocycles. The van der Waals surface area contributed by atoms with Gasteiger partial charge in [0.25, 0.3) is 0 Å². The molecule has 0 bridgehead atoms. The molecule has 5 nitrogen and oxygen atoms in total. The minimum Gasteiger partial charge on any atom is -0.383 e. The molecule has 1 aromatic rings. The van der Waals surface area contributed by atoms with Crippen molar-refractivity contribution in [2.24, 2.45) is 0 Å². The number of nitrogens with one attached hydrogen (secondary N) is 1. The van der Waals surface area contributed by atoms with Gasteiger partial charge >= 0.3 is 0 Å². The Morgan fingerprint density at radius 1 is 1.58 bits per heavy atom. The van der Waals surface area contributed by atoms with E-state index < -0.39 is 0 Å². The topological polar surface area (TPSA) is 46.6 Å². The zero-order valence-corrected chi connectivity index (χ0v) is 11.8. The fourth-order valence-electron chi connectivity index (χ4n) is 2.26. The SMILES string of the molecule is COCCNCc1cccnc1N1CCOC(C)C1. The second-order valence-corrected chi connectivity index (χ2v) is 4.78. The van der Waals surface area contributed by atoms with Crippen molar-refractivity contribution in [2.45, 2.75) is 19.6 Å². The standard InChI is InChI=1S/C14H23N3O2/c1-12-11-17(7-9-19-12)14-13(4-3-5-16-14)10-15-6-8-18-2/h3-5,12,15H,6-11H2,1-2H3. The van der Waals surface area contributed by atoms with E-state index in [9.17, 15) is 0 Å². The zero-order chi connectivity index (χ0) is 13.5. The van der Waals surface area contributed by atoms with Gasteiger partial charge in [0.15, 0.2) is 0 Å². The lowest BCUT2D eigenvalue weighted by atomic mass is 10.2. The summed E-state index contributed by atoms with van der Waals surface area (Å²) in [6.45, 7) is 7.08. The first kappa shape index (κ1) is 14.2. The molecule has 2 rings (SSSR count). The summed E-state index contributed by atoms with van der Waals surface area (Å²) in [6, 6.07) is 4.11. The number of hydrogen-bond donors (Lipinski definition) is 1. The van der Waals surface area contributed by atoms with Crippen LogP contribution in [0.1, 0.15) is 12.5 Å². The van der Waals surface area contributed by atoms with Crippen LogP contribution in [0, 0.1) is 0 Å². The number of methoxy groups -OCH3 is 1. The summed E-state index contributed by atoms with van der Waals surface area (Å²) in [7, 11) is 1.71. The summed E-state index contributed by atoms with van der Waals surface area (Å²) < 4.78 is 10.6. The van der Waals surface area contributed by atoms with Crippen LogP contribution in [-0.4, -0.2) is 51.0 Å². The predicted molar refractivity (Wildman–Crippen MR) is 75.4 cm³/mol. The van der Waals surface area contributed by atoms with Crippen LogP contribution in [0.3, 0.4) is 0 Å². The molecule has 1 aromatic heterocycles. The molecule has 1 fully saturated rings. The van der Waals surface area contributed by atoms with Gasteiger partial charge in [0.2, 0.25) is 0 Å². The van der Waals surface area contributed by atoms with Gasteiger partial charge in [0.1, 0.15) is 5.82 Å². The molecule has 106 valence electrons. The van der Waals surface area contributed by atoms with Gasteiger partial charge in [-0.15, -0.1) is 0 Å². The Hall–Kier alpha value is -1.17. The van der Waals surface area contributed by atoms with Crippen LogP contribution in [0.5, 0.6) is 0 Å². The minimum absolute atomic E-state index is 0.269. The third-order valence-corrected chi connectivity index (χ3v) is 3.21. The summed E-state index contributed by atoms with van der Waals surface area (Å²) >= 11 is 0. The lowest BCUT2D eigenvalue weighted by molar-refractivity contribution is 0.0529. The van der Waals surface area contributed by atoms with Crippen LogP contribution < -0.4 is 10.2 Å². The molecule has 5 heteroatoms. The van der Waals surface area contributed by atoms with Gasteiger partial charge in [-0.2, -0.15) is 0 Å². The van der Waals surface area contributed by atoms with E-state index in [0.29, 0.717) is 0 Å². The van der Waals surface area contributed by atoms with Gasteiger partial charge in [-0.3, -0.25) is 0 Å². The number of aromatic nitrogens is 1. The Labute approximate surface area is 114 Å². The Morgan fingerprint density at radius 2 is 2.47 bits per heavy atom. The van der Waals surface area contributed by atoms with E-state index in [2.05, 4.69) is 28.2 Å². The molecular weight excluding hydrogens is 242 g/mol. The first-order chi connectivity index (χ1) is 9.31. The van der Waals surface area contributed by atoms with Crippen molar-refractivity contribution < 1.29 is 9.47 Å². The minimum atomic E-state index is 0.269. The van der Waals surface area contributed by atoms with Gasteiger partial charge in [0, 0.05) is 45.0 Å². The molecule has 0 saturated carbocycles. The molecule has 1 aliphatic rings. The highest BCUT2D eigenvalue weighted by Crippen LogP contribution is 2.19. The van der Waals surface area contributed by atoms with E-state index in [4.69, 9.17) is 9.47 Å². The Kier molecular flexibility index (Phi) is 5.57. The van der Waals surface area contributed by atoms with Crippen molar-refractivity contribution in [3.63, 3.8) is 0 Å². The molecule has 1 unspecified atom stereocenters. The third kappa shape index (κ3) is 4.16. The lowest BCUT2D eigenvalue weighted by Crippen LogP contribution is -2.42. The average molecular weight is 265 g/mol. The summed E-state index contributed by atoms with van der Waals surface area (Å²) in [6.07, 6.45) is 2.12. The number of pyridine rings is 1. The highest BCUT2D eigenvalue weighted by atomic mass is 16.5. The maximum atomic E-state index is 5.58. The van der Waals surface area contributed by atoms with E-state index in [1.807, 2.05) is 12.3 Å². The third-order valence-electron chi connectivity index (χ3n) is 3.21. The maximum absolute atomic E-state index is 5.58. The van der Waals surface area contributed by atoms with Crippen molar-refractivity contribution in [2.75, 3.05) is 44.9 Å². The fraction of sp³-hybridized carbons (Fsp3) is 0.643. The van der Waals surface area contributed by atoms with Crippen LogP contribution in [-0.2, 0) is 16.0 Å². The van der Waals surface area contributed by atoms with Crippen LogP contribution in [0.2, 0.25) is 0 Å². The molecule has 0 aliphatic carbocycles. The highest BCUT2D eigenvalue weighted by Gasteiger charge is 2.19. The quantitative estimate of drug-likeness (QED) is 0.779. The molecular formula is C14H23N3O2. The van der Waals surface area contributed by atoms with E-state index >= 15 is 0 Å². The first-order valence-electron chi connectivity index (χ1n) is 6.81. The van der Waals surface area contributed by atoms with Gasteiger partial charge in [-0.05, 0) is 13.0 Å². The number of rotatable bonds is 6. The van der Waals surface area contributed by atoms with E-state index in [0.717, 1.165) is 45.2 Å². The van der Waals surface area contributed by atoms with Gasteiger partial charge in [0.05, 0.1) is 19.3 Å². The molecule has 1 atom stereocenters. The number of nitrogens with zero attached hydrogens (tertiary/aromatic N) is 2. The van der Waals surface area contributed by atoms with Crippen molar-refractivity contribution in [1.29, 1.82) is 0 Å². The highest BCUT2D eigenvalue weighted by molar-refractivity contribution is 5.47. The van der Waals surface area contributed by atoms with Crippen molar-refractivity contribution in [3.8, 4) is 0 Å². The number of ether oxygens (including phenoxy) is 2. The summed E-state index contributed by atoms with van der Waals surface area (Å²) in [5.74, 6) is 1.07. The van der Waals surface area contributed by atoms with Crippen molar-refractivity contribution in [1.82, 2.24) is 10.3 Å². The summed E-state index contributed by atoms with van der Waals surface area (Å²) in [4.78, 5) is 6.84. The van der Waals surface area contributed by atoms with E-state index in [-0.39, 0.29) is 6.10 Å². The smallest absolute Gasteiger partial charge is 0.133 e. The molecule has 1 N–H and O–H groups in total. The predicted octanol–water partition coefficient (Wildman–Crippen LogP) is 1.04. The Bertz CT molecular complexity index is 387. The van der Waals surface area contributed by atoms with Crippen LogP contribution in [0.4, 0.5) is 5.82 Å². The molecule has 2 heterocycles. The molecule has 0 aromatic carbocycles. The number of anilines is 1. The number of morpholine rings is 1. The fourth-order valence-corrected chi connectivity index (χ4v) is 2.26. The molecule has 0 spiro atoms. The second-order valence-electron chi connectivity index (χ2n) is 4.78. The van der Waals surface area contributed by atoms with Gasteiger partial charge in [-0.1, -0.05) is 6.07 Å². The van der Waals surface area contributed by atoms with Crippen LogP contribution >= 0.6 is 0 Å². The summed E-state index contributed by atoms with van der Waals surface area (Å²) in [5, 5.41) is 3.37. The molecule has 0 amide bonds. The van der Waals surface area contributed by atoms with Crippen molar-refractivity contribution >= 4 is 5.82 Å². The average Bonchev–Trinajstić information content (AvgIpc) is 2.44. The number of hydrogen-bond acceptors (Lipinski definition) is 5. The monoisotopic (exact) mass is 265 g/mol. The largest absolute Gasteiger partial charge is 0.383 e. The normalized spacial score (nSPS) is 19.7. The zero-order valence-electron chi connectivity index (χ0n) is 11.8. The summed E-state index contributed by atoms with van der Waals surface area (Å²) in [5.41, 5.74) is 1.23. The Balaban J connectivity index is 1.99.